The number of hydrogen-bond donors (Lipinski definition) is 2. The summed E-state index contributed by atoms with van der Waals surface area (Å²) in [5, 5.41) is 15.7. The normalized spacial score (nSPS) is 12.9. The van der Waals surface area contributed by atoms with E-state index in [1.165, 1.54) is 14.2 Å². The Morgan fingerprint density at radius 3 is 2.34 bits per heavy atom. The fourth-order valence-electron chi connectivity index (χ4n) is 4.14. The van der Waals surface area contributed by atoms with Gasteiger partial charge in [-0.3, -0.25) is 9.59 Å². The summed E-state index contributed by atoms with van der Waals surface area (Å²) in [5.41, 5.74) is -0.406. The van der Waals surface area contributed by atoms with Crippen molar-refractivity contribution in [3.8, 4) is 28.4 Å². The van der Waals surface area contributed by atoms with Crippen molar-refractivity contribution >= 4 is 11.6 Å². The van der Waals surface area contributed by atoms with E-state index in [4.69, 9.17) is 14.6 Å². The molecule has 0 saturated heterocycles. The van der Waals surface area contributed by atoms with Crippen molar-refractivity contribution in [1.82, 2.24) is 9.78 Å². The fraction of sp³-hybridized carbons (Fsp3) is 0.292. The average molecular weight is 489 g/mol. The molecule has 0 atom stereocenters. The molecule has 1 aliphatic rings. The van der Waals surface area contributed by atoms with Crippen LogP contribution in [-0.4, -0.2) is 41.6 Å². The van der Waals surface area contributed by atoms with Crippen molar-refractivity contribution in [3.63, 3.8) is 0 Å². The van der Waals surface area contributed by atoms with E-state index in [9.17, 15) is 22.8 Å². The number of aliphatic hydroxyl groups is 1. The Labute approximate surface area is 197 Å². The maximum Gasteiger partial charge on any atom is 0.418 e. The molecule has 4 rings (SSSR count). The molecule has 1 aromatic heterocycles. The summed E-state index contributed by atoms with van der Waals surface area (Å²) < 4.78 is 53.1. The second-order valence-corrected chi connectivity index (χ2v) is 7.91. The number of anilines is 1. The molecular formula is C24H22F3N3O5. The molecule has 1 aliphatic carbocycles. The molecular weight excluding hydrogens is 467 g/mol. The van der Waals surface area contributed by atoms with Gasteiger partial charge >= 0.3 is 6.18 Å². The van der Waals surface area contributed by atoms with Crippen LogP contribution in [0.2, 0.25) is 0 Å². The molecule has 35 heavy (non-hydrogen) atoms. The molecule has 3 aromatic rings. The second kappa shape index (κ2) is 9.41. The summed E-state index contributed by atoms with van der Waals surface area (Å²) in [6.07, 6.45) is -3.20. The molecule has 0 saturated carbocycles. The molecule has 11 heteroatoms. The van der Waals surface area contributed by atoms with Crippen LogP contribution >= 0.6 is 0 Å². The number of methoxy groups -OCH3 is 2. The number of fused-ring (bicyclic) bond motifs is 1. The van der Waals surface area contributed by atoms with Crippen LogP contribution in [0.25, 0.3) is 16.9 Å². The lowest BCUT2D eigenvalue weighted by atomic mass is 10.0. The molecule has 8 nitrogen and oxygen atoms in total. The highest BCUT2D eigenvalue weighted by Gasteiger charge is 2.35. The van der Waals surface area contributed by atoms with E-state index in [-0.39, 0.29) is 5.69 Å². The highest BCUT2D eigenvalue weighted by molar-refractivity contribution is 5.91. The van der Waals surface area contributed by atoms with Crippen molar-refractivity contribution in [3.05, 3.63) is 63.4 Å². The maximum absolute atomic E-state index is 13.9. The van der Waals surface area contributed by atoms with Gasteiger partial charge in [-0.05, 0) is 55.2 Å². The molecule has 0 fully saturated rings. The van der Waals surface area contributed by atoms with Crippen molar-refractivity contribution in [2.75, 3.05) is 26.1 Å². The van der Waals surface area contributed by atoms with Crippen LogP contribution in [0.3, 0.4) is 0 Å². The number of aromatic nitrogens is 2. The third-order valence-electron chi connectivity index (χ3n) is 5.74. The Morgan fingerprint density at radius 2 is 1.74 bits per heavy atom. The molecule has 0 radical (unpaired) electrons. The molecule has 184 valence electrons. The molecule has 2 aromatic carbocycles. The van der Waals surface area contributed by atoms with Gasteiger partial charge in [0, 0.05) is 22.9 Å². The van der Waals surface area contributed by atoms with Gasteiger partial charge in [-0.25, -0.2) is 0 Å². The van der Waals surface area contributed by atoms with Crippen LogP contribution in [0.5, 0.6) is 11.5 Å². The Balaban J connectivity index is 2.00. The highest BCUT2D eigenvalue weighted by Crippen LogP contribution is 2.37. The molecule has 0 bridgehead atoms. The zero-order valence-electron chi connectivity index (χ0n) is 18.9. The van der Waals surface area contributed by atoms with Gasteiger partial charge in [0.1, 0.15) is 18.1 Å². The summed E-state index contributed by atoms with van der Waals surface area (Å²) >= 11 is 0. The lowest BCUT2D eigenvalue weighted by molar-refractivity contribution is -0.137. The van der Waals surface area contributed by atoms with Gasteiger partial charge in [0.25, 0.3) is 5.56 Å². The van der Waals surface area contributed by atoms with E-state index in [1.54, 1.807) is 18.2 Å². The zero-order valence-corrected chi connectivity index (χ0v) is 18.9. The van der Waals surface area contributed by atoms with Gasteiger partial charge in [-0.2, -0.15) is 23.0 Å². The van der Waals surface area contributed by atoms with Gasteiger partial charge in [-0.1, -0.05) is 0 Å². The summed E-state index contributed by atoms with van der Waals surface area (Å²) in [7, 11) is 2.94. The first-order valence-electron chi connectivity index (χ1n) is 10.7. The highest BCUT2D eigenvalue weighted by atomic mass is 19.4. The van der Waals surface area contributed by atoms with Crippen molar-refractivity contribution < 1.29 is 32.5 Å². The van der Waals surface area contributed by atoms with Crippen molar-refractivity contribution in [1.29, 1.82) is 0 Å². The van der Waals surface area contributed by atoms with Crippen LogP contribution in [0, 0.1) is 0 Å². The lowest BCUT2D eigenvalue weighted by Gasteiger charge is -2.18. The van der Waals surface area contributed by atoms with Crippen LogP contribution in [0.1, 0.15) is 23.1 Å². The van der Waals surface area contributed by atoms with Gasteiger partial charge in [0.15, 0.2) is 0 Å². The minimum Gasteiger partial charge on any atom is -0.497 e. The molecule has 1 heterocycles. The SMILES string of the molecule is COc1cc(OC)cc(-c2nn(-c3cc(NC(=O)CO)ccc3C(F)(F)F)c(=O)c3c2CCC3)c1. The number of nitrogens with zero attached hydrogens (tertiary/aromatic N) is 2. The summed E-state index contributed by atoms with van der Waals surface area (Å²) in [6, 6.07) is 7.81. The average Bonchev–Trinajstić information content (AvgIpc) is 3.33. The summed E-state index contributed by atoms with van der Waals surface area (Å²) in [6.45, 7) is -0.852. The molecule has 0 aliphatic heterocycles. The number of carbonyl (C=O) groups excluding carboxylic acids is 1. The predicted octanol–water partition coefficient (Wildman–Crippen LogP) is 3.36. The lowest BCUT2D eigenvalue weighted by Crippen LogP contribution is -2.28. The predicted molar refractivity (Wildman–Crippen MR) is 121 cm³/mol. The first-order chi connectivity index (χ1) is 16.7. The quantitative estimate of drug-likeness (QED) is 0.551. The number of alkyl halides is 3. The monoisotopic (exact) mass is 489 g/mol. The number of benzene rings is 2. The van der Waals surface area contributed by atoms with Gasteiger partial charge in [0.05, 0.1) is 31.2 Å². The number of halogens is 3. The topological polar surface area (TPSA) is 103 Å². The minimum absolute atomic E-state index is 0.0224. The Morgan fingerprint density at radius 1 is 1.09 bits per heavy atom. The Hall–Kier alpha value is -3.86. The molecule has 0 unspecified atom stereocenters. The number of rotatable bonds is 6. The van der Waals surface area contributed by atoms with E-state index in [1.807, 2.05) is 0 Å². The van der Waals surface area contributed by atoms with Crippen LogP contribution < -0.4 is 20.3 Å². The van der Waals surface area contributed by atoms with Crippen LogP contribution in [0.15, 0.2) is 41.2 Å². The van der Waals surface area contributed by atoms with Crippen molar-refractivity contribution in [2.45, 2.75) is 25.4 Å². The van der Waals surface area contributed by atoms with E-state index in [2.05, 4.69) is 10.4 Å². The van der Waals surface area contributed by atoms with Gasteiger partial charge in [0.2, 0.25) is 5.91 Å². The van der Waals surface area contributed by atoms with E-state index >= 15 is 0 Å². The Bertz CT molecular complexity index is 1330. The smallest absolute Gasteiger partial charge is 0.418 e. The number of amides is 1. The van der Waals surface area contributed by atoms with Gasteiger partial charge < -0.3 is 19.9 Å². The van der Waals surface area contributed by atoms with Crippen molar-refractivity contribution in [2.24, 2.45) is 0 Å². The van der Waals surface area contributed by atoms with Gasteiger partial charge in [-0.15, -0.1) is 0 Å². The number of hydrogen-bond acceptors (Lipinski definition) is 6. The number of nitrogens with one attached hydrogen (secondary N) is 1. The van der Waals surface area contributed by atoms with Crippen LogP contribution in [-0.2, 0) is 23.8 Å². The standard InChI is InChI=1S/C24H22F3N3O5/c1-34-15-8-13(9-16(11-15)35-2)22-17-4-3-5-18(17)23(33)30(29-22)20-10-14(28-21(32)12-31)6-7-19(20)24(25,26)27/h6-11,31H,3-5,12H2,1-2H3,(H,28,32). The third-order valence-corrected chi connectivity index (χ3v) is 5.74. The number of ether oxygens (including phenoxy) is 2. The molecule has 1 amide bonds. The number of aliphatic hydroxyl groups excluding tert-OH is 1. The summed E-state index contributed by atoms with van der Waals surface area (Å²) in [5.74, 6) is 0.0971. The zero-order chi connectivity index (χ0) is 25.3. The number of carbonyl (C=O) groups is 1. The Kier molecular flexibility index (Phi) is 6.53. The largest absolute Gasteiger partial charge is 0.497 e. The third kappa shape index (κ3) is 4.72. The summed E-state index contributed by atoms with van der Waals surface area (Å²) in [4.78, 5) is 24.9. The first-order valence-corrected chi connectivity index (χ1v) is 10.7. The molecule has 2 N–H and O–H groups in total. The van der Waals surface area contributed by atoms with E-state index in [0.717, 1.165) is 22.9 Å². The maximum atomic E-state index is 13.9. The van der Waals surface area contributed by atoms with E-state index < -0.39 is 35.5 Å². The fourth-order valence-corrected chi connectivity index (χ4v) is 4.14. The van der Waals surface area contributed by atoms with Crippen LogP contribution in [0.4, 0.5) is 18.9 Å². The molecule has 0 spiro atoms. The first kappa shape index (κ1) is 24.3. The minimum atomic E-state index is -4.80. The van der Waals surface area contributed by atoms with E-state index in [0.29, 0.717) is 53.1 Å². The second-order valence-electron chi connectivity index (χ2n) is 7.91.